The molecule has 2 aromatic carbocycles. The monoisotopic (exact) mass is 402 g/mol. The lowest BCUT2D eigenvalue weighted by Gasteiger charge is -2.33. The van der Waals surface area contributed by atoms with Crippen LogP contribution in [-0.4, -0.2) is 41.4 Å². The minimum atomic E-state index is -3.23. The van der Waals surface area contributed by atoms with Gasteiger partial charge in [-0.1, -0.05) is 43.3 Å². The van der Waals surface area contributed by atoms with Crippen LogP contribution in [0, 0.1) is 0 Å². The molecule has 1 aliphatic rings. The minimum Gasteiger partial charge on any atom is -0.378 e. The molecule has 0 aliphatic carbocycles. The molecule has 28 heavy (non-hydrogen) atoms. The third kappa shape index (κ3) is 5.13. The molecule has 1 aliphatic heterocycles. The first-order valence-electron chi connectivity index (χ1n) is 10.1. The van der Waals surface area contributed by atoms with E-state index in [2.05, 4.69) is 58.2 Å². The number of rotatable bonds is 8. The van der Waals surface area contributed by atoms with Crippen molar-refractivity contribution in [2.45, 2.75) is 32.4 Å². The Labute approximate surface area is 169 Å². The number of sulfonamides is 1. The number of nitrogens with one attached hydrogen (secondary N) is 2. The predicted molar refractivity (Wildman–Crippen MR) is 115 cm³/mol. The van der Waals surface area contributed by atoms with Gasteiger partial charge in [0.05, 0.1) is 18.8 Å². The molecule has 3 rings (SSSR count). The molecule has 0 radical (unpaired) electrons. The summed E-state index contributed by atoms with van der Waals surface area (Å²) in [5.41, 5.74) is 5.11. The summed E-state index contributed by atoms with van der Waals surface area (Å²) in [5, 5.41) is 0. The molecule has 6 heteroatoms. The Balaban J connectivity index is 1.84. The maximum Gasteiger partial charge on any atom is 0.211 e. The molecule has 5 nitrogen and oxygen atoms in total. The second-order valence-electron chi connectivity index (χ2n) is 7.81. The third-order valence-corrected chi connectivity index (χ3v) is 7.09. The van der Waals surface area contributed by atoms with E-state index < -0.39 is 10.0 Å². The van der Waals surface area contributed by atoms with Gasteiger partial charge in [-0.25, -0.2) is 13.1 Å². The predicted octanol–water partition coefficient (Wildman–Crippen LogP) is 1.76. The number of quaternary nitrogens is 1. The summed E-state index contributed by atoms with van der Waals surface area (Å²) in [6.45, 7) is 4.25. The normalized spacial score (nSPS) is 17.8. The van der Waals surface area contributed by atoms with Gasteiger partial charge in [-0.15, -0.1) is 0 Å². The first kappa shape index (κ1) is 20.8. The van der Waals surface area contributed by atoms with E-state index in [0.717, 1.165) is 25.2 Å². The van der Waals surface area contributed by atoms with Crippen LogP contribution >= 0.6 is 0 Å². The number of benzene rings is 2. The number of fused-ring (bicyclic) bond motifs is 1. The zero-order valence-electron chi connectivity index (χ0n) is 17.1. The summed E-state index contributed by atoms with van der Waals surface area (Å²) >= 11 is 0. The Morgan fingerprint density at radius 2 is 1.75 bits per heavy atom. The van der Waals surface area contributed by atoms with Crippen molar-refractivity contribution >= 4 is 15.7 Å². The highest BCUT2D eigenvalue weighted by atomic mass is 32.2. The largest absolute Gasteiger partial charge is 0.378 e. The highest BCUT2D eigenvalue weighted by molar-refractivity contribution is 7.89. The van der Waals surface area contributed by atoms with Crippen LogP contribution in [0.1, 0.15) is 36.1 Å². The molecule has 0 spiro atoms. The highest BCUT2D eigenvalue weighted by Crippen LogP contribution is 2.18. The Kier molecular flexibility index (Phi) is 6.75. The van der Waals surface area contributed by atoms with E-state index in [1.165, 1.54) is 21.6 Å². The quantitative estimate of drug-likeness (QED) is 0.708. The van der Waals surface area contributed by atoms with Gasteiger partial charge >= 0.3 is 0 Å². The maximum atomic E-state index is 12.3. The molecule has 1 unspecified atom stereocenters. The van der Waals surface area contributed by atoms with Crippen LogP contribution in [0.5, 0.6) is 0 Å². The van der Waals surface area contributed by atoms with E-state index in [-0.39, 0.29) is 11.8 Å². The highest BCUT2D eigenvalue weighted by Gasteiger charge is 2.29. The zero-order chi connectivity index (χ0) is 20.1. The van der Waals surface area contributed by atoms with Gasteiger partial charge in [0.1, 0.15) is 12.6 Å². The summed E-state index contributed by atoms with van der Waals surface area (Å²) in [6, 6.07) is 17.2. The number of hydrogen-bond donors (Lipinski definition) is 2. The molecule has 2 atom stereocenters. The summed E-state index contributed by atoms with van der Waals surface area (Å²) in [7, 11) is 0.825. The first-order valence-corrected chi connectivity index (χ1v) is 11.7. The van der Waals surface area contributed by atoms with Gasteiger partial charge in [-0.3, -0.25) is 0 Å². The molecule has 0 bridgehead atoms. The molecule has 1 heterocycles. The van der Waals surface area contributed by atoms with Gasteiger partial charge in [-0.05, 0) is 24.1 Å². The van der Waals surface area contributed by atoms with Gasteiger partial charge in [0.25, 0.3) is 0 Å². The summed E-state index contributed by atoms with van der Waals surface area (Å²) in [5.74, 6) is 0.178. The van der Waals surface area contributed by atoms with Crippen molar-refractivity contribution < 1.29 is 13.3 Å². The van der Waals surface area contributed by atoms with E-state index >= 15 is 0 Å². The summed E-state index contributed by atoms with van der Waals surface area (Å²) < 4.78 is 27.4. The first-order chi connectivity index (χ1) is 13.4. The van der Waals surface area contributed by atoms with Gasteiger partial charge < -0.3 is 9.80 Å². The number of hydrogen-bond acceptors (Lipinski definition) is 3. The van der Waals surface area contributed by atoms with Crippen LogP contribution in [0.4, 0.5) is 5.69 Å². The molecular formula is C22H32N3O2S+. The molecule has 0 fully saturated rings. The fourth-order valence-electron chi connectivity index (χ4n) is 3.95. The minimum absolute atomic E-state index is 0.0937. The fourth-order valence-corrected chi connectivity index (χ4v) is 5.06. The van der Waals surface area contributed by atoms with Gasteiger partial charge in [0, 0.05) is 37.3 Å². The Bertz CT molecular complexity index is 879. The van der Waals surface area contributed by atoms with E-state index in [9.17, 15) is 8.42 Å². The lowest BCUT2D eigenvalue weighted by Crippen LogP contribution is -3.12. The fraction of sp³-hybridized carbons (Fsp3) is 0.455. The molecule has 0 saturated heterocycles. The van der Waals surface area contributed by atoms with Crippen molar-refractivity contribution in [3.05, 3.63) is 65.2 Å². The molecule has 0 saturated carbocycles. The van der Waals surface area contributed by atoms with E-state index in [1.54, 1.807) is 0 Å². The molecule has 152 valence electrons. The SMILES string of the molecule is CCCS(=O)(=O)NC[C@H](c1ccc(N(C)C)cc1)[NH+]1CCc2ccccc2C1. The van der Waals surface area contributed by atoms with E-state index in [4.69, 9.17) is 0 Å². The molecule has 2 aromatic rings. The Morgan fingerprint density at radius 3 is 2.39 bits per heavy atom. The van der Waals surface area contributed by atoms with Crippen molar-refractivity contribution in [1.82, 2.24) is 4.72 Å². The maximum absolute atomic E-state index is 12.3. The standard InChI is InChI=1S/C22H31N3O2S/c1-4-15-28(26,27)23-16-22(19-9-11-21(12-10-19)24(2)3)25-14-13-18-7-5-6-8-20(18)17-25/h5-12,22-23H,4,13-17H2,1-3H3/p+1/t22-/m1/s1. The number of nitrogens with zero attached hydrogens (tertiary/aromatic N) is 1. The van der Waals surface area contributed by atoms with Crippen molar-refractivity contribution in [1.29, 1.82) is 0 Å². The van der Waals surface area contributed by atoms with Crippen LogP contribution in [-0.2, 0) is 23.0 Å². The van der Waals surface area contributed by atoms with Crippen LogP contribution in [0.2, 0.25) is 0 Å². The van der Waals surface area contributed by atoms with Crippen LogP contribution in [0.15, 0.2) is 48.5 Å². The smallest absolute Gasteiger partial charge is 0.211 e. The van der Waals surface area contributed by atoms with Crippen molar-refractivity contribution in [3.8, 4) is 0 Å². The summed E-state index contributed by atoms with van der Waals surface area (Å²) in [6.07, 6.45) is 1.65. The summed E-state index contributed by atoms with van der Waals surface area (Å²) in [4.78, 5) is 3.49. The zero-order valence-corrected chi connectivity index (χ0v) is 17.9. The lowest BCUT2D eigenvalue weighted by atomic mass is 9.96. The Hall–Kier alpha value is -1.89. The van der Waals surface area contributed by atoms with Crippen molar-refractivity contribution in [2.75, 3.05) is 37.8 Å². The van der Waals surface area contributed by atoms with E-state index in [1.807, 2.05) is 21.0 Å². The molecule has 0 aromatic heterocycles. The van der Waals surface area contributed by atoms with Gasteiger partial charge in [-0.2, -0.15) is 0 Å². The third-order valence-electron chi connectivity index (χ3n) is 5.54. The van der Waals surface area contributed by atoms with Crippen molar-refractivity contribution in [2.24, 2.45) is 0 Å². The molecule has 0 amide bonds. The Morgan fingerprint density at radius 1 is 1.07 bits per heavy atom. The number of anilines is 1. The van der Waals surface area contributed by atoms with Crippen molar-refractivity contribution in [3.63, 3.8) is 0 Å². The molecule has 2 N–H and O–H groups in total. The topological polar surface area (TPSA) is 53.9 Å². The molecular weight excluding hydrogens is 370 g/mol. The second kappa shape index (κ2) is 9.07. The average molecular weight is 403 g/mol. The van der Waals surface area contributed by atoms with Crippen LogP contribution in [0.3, 0.4) is 0 Å². The average Bonchev–Trinajstić information content (AvgIpc) is 2.68. The van der Waals surface area contributed by atoms with Crippen LogP contribution < -0.4 is 14.5 Å². The van der Waals surface area contributed by atoms with Gasteiger partial charge in [0.2, 0.25) is 10.0 Å². The van der Waals surface area contributed by atoms with Crippen LogP contribution in [0.25, 0.3) is 0 Å². The van der Waals surface area contributed by atoms with Gasteiger partial charge in [0.15, 0.2) is 0 Å². The van der Waals surface area contributed by atoms with E-state index in [0.29, 0.717) is 13.0 Å². The lowest BCUT2D eigenvalue weighted by molar-refractivity contribution is -0.945. The second-order valence-corrected chi connectivity index (χ2v) is 9.74.